The largest absolute Gasteiger partial charge is 0.455 e. The molecule has 0 bridgehead atoms. The lowest BCUT2D eigenvalue weighted by molar-refractivity contribution is 0.0946. The summed E-state index contributed by atoms with van der Waals surface area (Å²) >= 11 is 0. The second-order valence-corrected chi connectivity index (χ2v) is 3.24. The lowest BCUT2D eigenvalue weighted by Crippen LogP contribution is -2.31. The number of carbonyl (C=O) groups is 1. The number of hydrazine groups is 1. The first-order valence-corrected chi connectivity index (χ1v) is 5.00. The van der Waals surface area contributed by atoms with Gasteiger partial charge in [-0.25, -0.2) is 10.8 Å². The molecule has 0 atom stereocenters. The number of ether oxygens (including phenoxy) is 1. The van der Waals surface area contributed by atoms with Gasteiger partial charge in [-0.1, -0.05) is 18.2 Å². The minimum absolute atomic E-state index is 0.152. The number of benzene rings is 1. The number of nitrogens with two attached hydrogens (primary N) is 1. The summed E-state index contributed by atoms with van der Waals surface area (Å²) in [5.41, 5.74) is 2.18. The molecule has 3 N–H and O–H groups in total. The Hall–Kier alpha value is -2.40. The minimum atomic E-state index is -0.489. The van der Waals surface area contributed by atoms with Gasteiger partial charge in [0.1, 0.15) is 5.75 Å². The number of amides is 1. The van der Waals surface area contributed by atoms with E-state index in [1.807, 2.05) is 23.6 Å². The first-order chi connectivity index (χ1) is 8.31. The van der Waals surface area contributed by atoms with Crippen LogP contribution in [0.25, 0.3) is 0 Å². The molecule has 0 aliphatic heterocycles. The Morgan fingerprint density at radius 1 is 1.18 bits per heavy atom. The quantitative estimate of drug-likeness (QED) is 0.474. The van der Waals surface area contributed by atoms with Crippen LogP contribution in [0.1, 0.15) is 10.5 Å². The van der Waals surface area contributed by atoms with Crippen molar-refractivity contribution >= 4 is 5.91 Å². The average Bonchev–Trinajstić information content (AvgIpc) is 2.40. The van der Waals surface area contributed by atoms with Crippen molar-refractivity contribution in [1.29, 1.82) is 0 Å². The summed E-state index contributed by atoms with van der Waals surface area (Å²) in [6.45, 7) is 0. The smallest absolute Gasteiger partial charge is 0.287 e. The van der Waals surface area contributed by atoms with Crippen molar-refractivity contribution in [1.82, 2.24) is 10.4 Å². The van der Waals surface area contributed by atoms with Crippen molar-refractivity contribution in [2.45, 2.75) is 0 Å². The molecule has 0 radical (unpaired) electrons. The molecule has 1 aromatic heterocycles. The predicted octanol–water partition coefficient (Wildman–Crippen LogP) is 1.48. The third-order valence-corrected chi connectivity index (χ3v) is 2.09. The van der Waals surface area contributed by atoms with Gasteiger partial charge >= 0.3 is 0 Å². The van der Waals surface area contributed by atoms with Crippen molar-refractivity contribution in [3.8, 4) is 11.5 Å². The van der Waals surface area contributed by atoms with Crippen LogP contribution < -0.4 is 16.0 Å². The van der Waals surface area contributed by atoms with Gasteiger partial charge in [-0.05, 0) is 24.3 Å². The maximum absolute atomic E-state index is 11.4. The number of para-hydroxylation sites is 1. The molecule has 0 saturated carbocycles. The molecule has 1 heterocycles. The Morgan fingerprint density at radius 2 is 1.94 bits per heavy atom. The zero-order valence-electron chi connectivity index (χ0n) is 8.96. The highest BCUT2D eigenvalue weighted by atomic mass is 16.5. The molecule has 0 unspecified atom stereocenters. The molecular formula is C12H11N3O2. The highest BCUT2D eigenvalue weighted by Gasteiger charge is 2.12. The monoisotopic (exact) mass is 229 g/mol. The minimum Gasteiger partial charge on any atom is -0.455 e. The lowest BCUT2D eigenvalue weighted by atomic mass is 10.3. The Morgan fingerprint density at radius 3 is 2.65 bits per heavy atom. The van der Waals surface area contributed by atoms with E-state index < -0.39 is 5.91 Å². The highest BCUT2D eigenvalue weighted by Crippen LogP contribution is 2.23. The van der Waals surface area contributed by atoms with Gasteiger partial charge in [-0.15, -0.1) is 0 Å². The first-order valence-electron chi connectivity index (χ1n) is 5.00. The van der Waals surface area contributed by atoms with Gasteiger partial charge in [0.25, 0.3) is 5.91 Å². The van der Waals surface area contributed by atoms with E-state index in [0.29, 0.717) is 11.5 Å². The zero-order valence-corrected chi connectivity index (χ0v) is 8.96. The van der Waals surface area contributed by atoms with Crippen LogP contribution >= 0.6 is 0 Å². The predicted molar refractivity (Wildman–Crippen MR) is 62.4 cm³/mol. The molecule has 2 rings (SSSR count). The number of aromatic nitrogens is 1. The van der Waals surface area contributed by atoms with E-state index in [9.17, 15) is 4.79 Å². The number of nitrogens with one attached hydrogen (secondary N) is 1. The third kappa shape index (κ3) is 2.59. The zero-order chi connectivity index (χ0) is 12.1. The standard InChI is InChI=1S/C12H11N3O2/c13-15-12(16)11-10(7-4-8-14-11)17-9-5-2-1-3-6-9/h1-8H,13H2,(H,15,16). The summed E-state index contributed by atoms with van der Waals surface area (Å²) in [5.74, 6) is 5.58. The Kier molecular flexibility index (Phi) is 3.32. The van der Waals surface area contributed by atoms with Crippen LogP contribution in [-0.4, -0.2) is 10.9 Å². The summed E-state index contributed by atoms with van der Waals surface area (Å²) in [4.78, 5) is 15.4. The molecule has 1 amide bonds. The summed E-state index contributed by atoms with van der Waals surface area (Å²) < 4.78 is 5.55. The number of hydrogen-bond acceptors (Lipinski definition) is 4. The van der Waals surface area contributed by atoms with Crippen molar-refractivity contribution in [2.75, 3.05) is 0 Å². The fraction of sp³-hybridized carbons (Fsp3) is 0. The number of hydrogen-bond donors (Lipinski definition) is 2. The second kappa shape index (κ2) is 5.09. The molecule has 2 aromatic rings. The SMILES string of the molecule is NNC(=O)c1ncccc1Oc1ccccc1. The molecule has 5 heteroatoms. The average molecular weight is 229 g/mol. The lowest BCUT2D eigenvalue weighted by Gasteiger charge is -2.08. The van der Waals surface area contributed by atoms with Crippen LogP contribution in [0.4, 0.5) is 0 Å². The van der Waals surface area contributed by atoms with Crippen molar-refractivity contribution < 1.29 is 9.53 Å². The third-order valence-electron chi connectivity index (χ3n) is 2.09. The van der Waals surface area contributed by atoms with E-state index >= 15 is 0 Å². The molecular weight excluding hydrogens is 218 g/mol. The molecule has 17 heavy (non-hydrogen) atoms. The molecule has 5 nitrogen and oxygen atoms in total. The van der Waals surface area contributed by atoms with Gasteiger partial charge in [0.2, 0.25) is 0 Å². The van der Waals surface area contributed by atoms with Gasteiger partial charge < -0.3 is 4.74 Å². The number of nitrogens with zero attached hydrogens (tertiary/aromatic N) is 1. The van der Waals surface area contributed by atoms with E-state index in [0.717, 1.165) is 0 Å². The van der Waals surface area contributed by atoms with E-state index in [1.165, 1.54) is 6.20 Å². The van der Waals surface area contributed by atoms with Crippen molar-refractivity contribution in [3.63, 3.8) is 0 Å². The van der Waals surface area contributed by atoms with E-state index in [2.05, 4.69) is 4.98 Å². The maximum Gasteiger partial charge on any atom is 0.287 e. The van der Waals surface area contributed by atoms with Crippen LogP contribution in [0.3, 0.4) is 0 Å². The number of carbonyl (C=O) groups excluding carboxylic acids is 1. The summed E-state index contributed by atoms with van der Waals surface area (Å²) in [6, 6.07) is 12.5. The molecule has 1 aromatic carbocycles. The van der Waals surface area contributed by atoms with Gasteiger partial charge in [0, 0.05) is 6.20 Å². The first kappa shape index (κ1) is 11.1. The van der Waals surface area contributed by atoms with Crippen LogP contribution in [0, 0.1) is 0 Å². The molecule has 0 spiro atoms. The van der Waals surface area contributed by atoms with Crippen LogP contribution in [0.2, 0.25) is 0 Å². The van der Waals surface area contributed by atoms with E-state index in [1.54, 1.807) is 24.3 Å². The van der Waals surface area contributed by atoms with E-state index in [4.69, 9.17) is 10.6 Å². The fourth-order valence-corrected chi connectivity index (χ4v) is 1.33. The summed E-state index contributed by atoms with van der Waals surface area (Å²) in [6.07, 6.45) is 1.50. The van der Waals surface area contributed by atoms with Crippen molar-refractivity contribution in [3.05, 3.63) is 54.4 Å². The number of pyridine rings is 1. The molecule has 0 fully saturated rings. The second-order valence-electron chi connectivity index (χ2n) is 3.24. The van der Waals surface area contributed by atoms with Gasteiger partial charge in [-0.2, -0.15) is 0 Å². The topological polar surface area (TPSA) is 77.2 Å². The molecule has 86 valence electrons. The van der Waals surface area contributed by atoms with Crippen LogP contribution in [0.15, 0.2) is 48.7 Å². The summed E-state index contributed by atoms with van der Waals surface area (Å²) in [5, 5.41) is 0. The molecule has 0 aliphatic carbocycles. The van der Waals surface area contributed by atoms with Crippen molar-refractivity contribution in [2.24, 2.45) is 5.84 Å². The summed E-state index contributed by atoms with van der Waals surface area (Å²) in [7, 11) is 0. The Balaban J connectivity index is 2.30. The van der Waals surface area contributed by atoms with Crippen LogP contribution in [0.5, 0.6) is 11.5 Å². The fourth-order valence-electron chi connectivity index (χ4n) is 1.33. The molecule has 0 aliphatic rings. The van der Waals surface area contributed by atoms with E-state index in [-0.39, 0.29) is 5.69 Å². The molecule has 0 saturated heterocycles. The van der Waals surface area contributed by atoms with Gasteiger partial charge in [0.05, 0.1) is 0 Å². The number of rotatable bonds is 3. The maximum atomic E-state index is 11.4. The van der Waals surface area contributed by atoms with Crippen LogP contribution in [-0.2, 0) is 0 Å². The highest BCUT2D eigenvalue weighted by molar-refractivity contribution is 5.94. The Bertz CT molecular complexity index is 514. The Labute approximate surface area is 98.2 Å². The number of nitrogen functional groups attached to an aromatic ring is 1. The van der Waals surface area contributed by atoms with Gasteiger partial charge in [0.15, 0.2) is 11.4 Å². The van der Waals surface area contributed by atoms with Gasteiger partial charge in [-0.3, -0.25) is 10.2 Å². The normalized spacial score (nSPS) is 9.71.